The van der Waals surface area contributed by atoms with E-state index in [0.717, 1.165) is 35.5 Å². The molecule has 3 aromatic rings. The van der Waals surface area contributed by atoms with Crippen LogP contribution >= 0.6 is 23.2 Å². The molecule has 2 aromatic carbocycles. The van der Waals surface area contributed by atoms with Crippen molar-refractivity contribution < 1.29 is 4.79 Å². The van der Waals surface area contributed by atoms with Crippen LogP contribution in [0, 0.1) is 5.92 Å². The van der Waals surface area contributed by atoms with Crippen LogP contribution in [0.1, 0.15) is 60.5 Å². The number of aromatic nitrogens is 1. The summed E-state index contributed by atoms with van der Waals surface area (Å²) in [6.45, 7) is 0. The van der Waals surface area contributed by atoms with E-state index in [2.05, 4.69) is 34.1 Å². The molecule has 1 unspecified atom stereocenters. The maximum Gasteiger partial charge on any atom is 0.223 e. The molecule has 3 nitrogen and oxygen atoms in total. The van der Waals surface area contributed by atoms with Crippen LogP contribution in [0.5, 0.6) is 0 Å². The third-order valence-electron chi connectivity index (χ3n) is 6.49. The van der Waals surface area contributed by atoms with Gasteiger partial charge >= 0.3 is 0 Å². The van der Waals surface area contributed by atoms with E-state index in [0.29, 0.717) is 17.4 Å². The molecule has 0 spiro atoms. The van der Waals surface area contributed by atoms with E-state index in [4.69, 9.17) is 23.2 Å². The van der Waals surface area contributed by atoms with Crippen molar-refractivity contribution in [3.05, 3.63) is 99.8 Å². The van der Waals surface area contributed by atoms with Gasteiger partial charge in [0.15, 0.2) is 0 Å². The van der Waals surface area contributed by atoms with Gasteiger partial charge in [0.1, 0.15) is 0 Å². The van der Waals surface area contributed by atoms with Gasteiger partial charge < -0.3 is 4.90 Å². The lowest BCUT2D eigenvalue weighted by molar-refractivity contribution is -0.142. The fourth-order valence-corrected chi connectivity index (χ4v) is 5.28. The first-order chi connectivity index (χ1) is 15.1. The SMILES string of the molecule is O=C1CC[C@H](c2cccc(Cl)c2)C(c2ccc(Cl)cc2)N1[C@@H](c1ccccn1)C1CC1. The number of hydrogen-bond acceptors (Lipinski definition) is 2. The number of likely N-dealkylation sites (tertiary alicyclic amines) is 1. The van der Waals surface area contributed by atoms with Crippen molar-refractivity contribution in [2.75, 3.05) is 0 Å². The normalized spacial score (nSPS) is 22.4. The predicted octanol–water partition coefficient (Wildman–Crippen LogP) is 6.99. The minimum Gasteiger partial charge on any atom is -0.326 e. The van der Waals surface area contributed by atoms with Crippen LogP contribution in [0.2, 0.25) is 10.0 Å². The monoisotopic (exact) mass is 450 g/mol. The molecule has 2 fully saturated rings. The Morgan fingerprint density at radius 3 is 2.35 bits per heavy atom. The summed E-state index contributed by atoms with van der Waals surface area (Å²) in [4.78, 5) is 20.3. The highest BCUT2D eigenvalue weighted by atomic mass is 35.5. The molecule has 5 rings (SSSR count). The van der Waals surface area contributed by atoms with Gasteiger partial charge in [-0.25, -0.2) is 0 Å². The van der Waals surface area contributed by atoms with Crippen LogP contribution in [0.4, 0.5) is 0 Å². The average molecular weight is 451 g/mol. The molecule has 0 radical (unpaired) electrons. The third-order valence-corrected chi connectivity index (χ3v) is 6.97. The van der Waals surface area contributed by atoms with Gasteiger partial charge in [-0.3, -0.25) is 9.78 Å². The summed E-state index contributed by atoms with van der Waals surface area (Å²) in [5.74, 6) is 0.801. The molecule has 2 heterocycles. The zero-order valence-corrected chi connectivity index (χ0v) is 18.6. The second kappa shape index (κ2) is 8.64. The maximum absolute atomic E-state index is 13.5. The number of benzene rings is 2. The molecule has 158 valence electrons. The summed E-state index contributed by atoms with van der Waals surface area (Å²) < 4.78 is 0. The molecule has 2 aliphatic rings. The molecule has 0 bridgehead atoms. The van der Waals surface area contributed by atoms with Crippen LogP contribution in [-0.4, -0.2) is 15.8 Å². The first-order valence-corrected chi connectivity index (χ1v) is 11.6. The number of halogens is 2. The van der Waals surface area contributed by atoms with E-state index in [1.807, 2.05) is 48.7 Å². The minimum atomic E-state index is -0.0930. The van der Waals surface area contributed by atoms with Crippen LogP contribution in [0.3, 0.4) is 0 Å². The van der Waals surface area contributed by atoms with Crippen molar-refractivity contribution in [1.29, 1.82) is 0 Å². The van der Waals surface area contributed by atoms with E-state index in [9.17, 15) is 4.79 Å². The molecule has 3 atom stereocenters. The molecule has 1 aliphatic carbocycles. The van der Waals surface area contributed by atoms with E-state index >= 15 is 0 Å². The molecule has 31 heavy (non-hydrogen) atoms. The van der Waals surface area contributed by atoms with Crippen LogP contribution in [0.15, 0.2) is 72.9 Å². The number of carbonyl (C=O) groups is 1. The van der Waals surface area contributed by atoms with Crippen LogP contribution < -0.4 is 0 Å². The van der Waals surface area contributed by atoms with Gasteiger partial charge in [-0.15, -0.1) is 0 Å². The Labute approximate surface area is 193 Å². The molecule has 1 aliphatic heterocycles. The Bertz CT molecular complexity index is 1070. The lowest BCUT2D eigenvalue weighted by Crippen LogP contribution is -2.45. The lowest BCUT2D eigenvalue weighted by Gasteiger charge is -2.46. The van der Waals surface area contributed by atoms with Gasteiger partial charge in [0.05, 0.1) is 17.8 Å². The maximum atomic E-state index is 13.5. The Hall–Kier alpha value is -2.36. The zero-order chi connectivity index (χ0) is 21.4. The molecule has 1 saturated heterocycles. The number of rotatable bonds is 5. The van der Waals surface area contributed by atoms with Crippen LogP contribution in [0.25, 0.3) is 0 Å². The molecular formula is C26H24Cl2N2O. The van der Waals surface area contributed by atoms with Gasteiger partial charge in [-0.2, -0.15) is 0 Å². The second-order valence-corrected chi connectivity index (χ2v) is 9.41. The summed E-state index contributed by atoms with van der Waals surface area (Å²) in [5, 5.41) is 1.42. The first kappa shape index (κ1) is 20.5. The Morgan fingerprint density at radius 2 is 1.68 bits per heavy atom. The van der Waals surface area contributed by atoms with Crippen LogP contribution in [-0.2, 0) is 4.79 Å². The van der Waals surface area contributed by atoms with Gasteiger partial charge in [0.2, 0.25) is 5.91 Å². The second-order valence-electron chi connectivity index (χ2n) is 8.53. The molecule has 1 amide bonds. The van der Waals surface area contributed by atoms with Crippen molar-refractivity contribution in [2.45, 2.75) is 43.7 Å². The standard InChI is InChI=1S/C26H24Cl2N2O/c27-20-11-9-17(10-12-20)25-22(19-4-3-5-21(28)16-19)13-14-24(31)30(25)26(18-7-8-18)23-6-1-2-15-29-23/h1-6,9-12,15-16,18,22,25-26H,7-8,13-14H2/t22-,25?,26-/m1/s1. The molecular weight excluding hydrogens is 427 g/mol. The fourth-order valence-electron chi connectivity index (χ4n) is 4.96. The van der Waals surface area contributed by atoms with Gasteiger partial charge in [0, 0.05) is 28.6 Å². The zero-order valence-electron chi connectivity index (χ0n) is 17.1. The summed E-state index contributed by atoms with van der Waals surface area (Å²) in [6, 6.07) is 21.9. The van der Waals surface area contributed by atoms with Gasteiger partial charge in [-0.05, 0) is 72.7 Å². The molecule has 1 aromatic heterocycles. The van der Waals surface area contributed by atoms with Gasteiger partial charge in [-0.1, -0.05) is 53.5 Å². The molecule has 0 N–H and O–H groups in total. The lowest BCUT2D eigenvalue weighted by atomic mass is 9.78. The molecule has 1 saturated carbocycles. The quantitative estimate of drug-likeness (QED) is 0.419. The Balaban J connectivity index is 1.64. The van der Waals surface area contributed by atoms with Crippen molar-refractivity contribution in [3.8, 4) is 0 Å². The van der Waals surface area contributed by atoms with Gasteiger partial charge in [0.25, 0.3) is 0 Å². The van der Waals surface area contributed by atoms with E-state index in [-0.39, 0.29) is 23.9 Å². The van der Waals surface area contributed by atoms with E-state index < -0.39 is 0 Å². The van der Waals surface area contributed by atoms with Crippen molar-refractivity contribution >= 4 is 29.1 Å². The number of pyridine rings is 1. The summed E-state index contributed by atoms with van der Waals surface area (Å²) in [6.07, 6.45) is 5.39. The van der Waals surface area contributed by atoms with Crippen molar-refractivity contribution in [2.24, 2.45) is 5.92 Å². The average Bonchev–Trinajstić information content (AvgIpc) is 3.62. The number of piperidine rings is 1. The third kappa shape index (κ3) is 4.22. The minimum absolute atomic E-state index is 0.0173. The Kier molecular flexibility index (Phi) is 5.73. The predicted molar refractivity (Wildman–Crippen MR) is 124 cm³/mol. The highest BCUT2D eigenvalue weighted by molar-refractivity contribution is 6.30. The van der Waals surface area contributed by atoms with Crippen molar-refractivity contribution in [3.63, 3.8) is 0 Å². The van der Waals surface area contributed by atoms with E-state index in [1.54, 1.807) is 0 Å². The number of carbonyl (C=O) groups excluding carboxylic acids is 1. The fraction of sp³-hybridized carbons (Fsp3) is 0.308. The highest BCUT2D eigenvalue weighted by Crippen LogP contribution is 2.52. The summed E-state index contributed by atoms with van der Waals surface area (Å²) >= 11 is 12.6. The Morgan fingerprint density at radius 1 is 0.871 bits per heavy atom. The smallest absolute Gasteiger partial charge is 0.223 e. The van der Waals surface area contributed by atoms with E-state index in [1.165, 1.54) is 5.56 Å². The first-order valence-electron chi connectivity index (χ1n) is 10.8. The summed E-state index contributed by atoms with van der Waals surface area (Å²) in [5.41, 5.74) is 3.24. The molecule has 5 heteroatoms. The number of hydrogen-bond donors (Lipinski definition) is 0. The van der Waals surface area contributed by atoms with Crippen molar-refractivity contribution in [1.82, 2.24) is 9.88 Å². The largest absolute Gasteiger partial charge is 0.326 e. The highest BCUT2D eigenvalue weighted by Gasteiger charge is 2.47. The number of nitrogens with zero attached hydrogens (tertiary/aromatic N) is 2. The summed E-state index contributed by atoms with van der Waals surface area (Å²) in [7, 11) is 0. The topological polar surface area (TPSA) is 33.2 Å². The number of amides is 1.